The van der Waals surface area contributed by atoms with Crippen molar-refractivity contribution in [2.24, 2.45) is 11.8 Å². The van der Waals surface area contributed by atoms with E-state index in [0.29, 0.717) is 24.6 Å². The fourth-order valence-electron chi connectivity index (χ4n) is 5.30. The number of amides is 1. The number of carbonyl (C=O) groups excluding carboxylic acids is 2. The van der Waals surface area contributed by atoms with Crippen LogP contribution in [-0.4, -0.2) is 35.1 Å². The molecule has 6 nitrogen and oxygen atoms in total. The number of aromatic nitrogens is 2. The number of nitrogens with one attached hydrogen (secondary N) is 1. The zero-order valence-electron chi connectivity index (χ0n) is 20.3. The molecule has 2 aromatic carbocycles. The summed E-state index contributed by atoms with van der Waals surface area (Å²) >= 11 is 0. The number of fused-ring (bicyclic) bond motifs is 2. The lowest BCUT2D eigenvalue weighted by molar-refractivity contribution is -0.146. The first kappa shape index (κ1) is 23.1. The van der Waals surface area contributed by atoms with E-state index in [9.17, 15) is 9.59 Å². The molecule has 1 amide bonds. The fraction of sp³-hybridized carbons (Fsp3) is 0.345. The number of ether oxygens (including phenoxy) is 1. The Morgan fingerprint density at radius 1 is 1.03 bits per heavy atom. The van der Waals surface area contributed by atoms with Gasteiger partial charge >= 0.3 is 5.97 Å². The van der Waals surface area contributed by atoms with Crippen molar-refractivity contribution < 1.29 is 14.3 Å². The summed E-state index contributed by atoms with van der Waals surface area (Å²) in [7, 11) is 1.45. The third-order valence-electron chi connectivity index (χ3n) is 7.20. The molecule has 2 aromatic heterocycles. The van der Waals surface area contributed by atoms with Gasteiger partial charge in [-0.1, -0.05) is 24.3 Å². The van der Waals surface area contributed by atoms with E-state index in [2.05, 4.69) is 45.2 Å². The van der Waals surface area contributed by atoms with E-state index in [1.807, 2.05) is 37.5 Å². The SMILES string of the molecule is COC(=O)C1CCC(CNC(=O)c2cc(C)cc3ccn(Cc4cc5ccccc5cn4)c23)CC1. The number of nitrogens with zero attached hydrogens (tertiary/aromatic N) is 2. The smallest absolute Gasteiger partial charge is 0.308 e. The predicted molar refractivity (Wildman–Crippen MR) is 137 cm³/mol. The number of benzene rings is 2. The Bertz CT molecular complexity index is 1380. The summed E-state index contributed by atoms with van der Waals surface area (Å²) in [5, 5.41) is 6.49. The molecule has 5 rings (SSSR count). The van der Waals surface area contributed by atoms with Crippen LogP contribution in [0.2, 0.25) is 0 Å². The number of carbonyl (C=O) groups is 2. The van der Waals surface area contributed by atoms with Crippen LogP contribution in [-0.2, 0) is 16.1 Å². The van der Waals surface area contributed by atoms with Gasteiger partial charge < -0.3 is 14.6 Å². The molecule has 0 unspecified atom stereocenters. The van der Waals surface area contributed by atoms with E-state index in [-0.39, 0.29) is 17.8 Å². The first-order valence-corrected chi connectivity index (χ1v) is 12.3. The van der Waals surface area contributed by atoms with Crippen molar-refractivity contribution >= 4 is 33.6 Å². The molecule has 0 spiro atoms. The number of hydrogen-bond donors (Lipinski definition) is 1. The van der Waals surface area contributed by atoms with E-state index in [4.69, 9.17) is 4.74 Å². The number of methoxy groups -OCH3 is 1. The maximum absolute atomic E-state index is 13.3. The molecule has 0 aliphatic heterocycles. The van der Waals surface area contributed by atoms with Gasteiger partial charge in [-0.25, -0.2) is 0 Å². The molecule has 180 valence electrons. The van der Waals surface area contributed by atoms with Crippen LogP contribution in [0.25, 0.3) is 21.7 Å². The zero-order valence-corrected chi connectivity index (χ0v) is 20.3. The molecule has 0 bridgehead atoms. The maximum atomic E-state index is 13.3. The summed E-state index contributed by atoms with van der Waals surface area (Å²) in [5.41, 5.74) is 3.63. The molecule has 6 heteroatoms. The van der Waals surface area contributed by atoms with Crippen molar-refractivity contribution in [3.8, 4) is 0 Å². The largest absolute Gasteiger partial charge is 0.469 e. The number of rotatable bonds is 6. The molecule has 1 fully saturated rings. The molecular weight excluding hydrogens is 438 g/mol. The highest BCUT2D eigenvalue weighted by Crippen LogP contribution is 2.29. The predicted octanol–water partition coefficient (Wildman–Crippen LogP) is 5.26. The van der Waals surface area contributed by atoms with Crippen molar-refractivity contribution in [3.63, 3.8) is 0 Å². The third-order valence-corrected chi connectivity index (χ3v) is 7.20. The Labute approximate surface area is 205 Å². The summed E-state index contributed by atoms with van der Waals surface area (Å²) < 4.78 is 7.00. The van der Waals surface area contributed by atoms with Crippen molar-refractivity contribution in [3.05, 3.63) is 77.7 Å². The van der Waals surface area contributed by atoms with Gasteiger partial charge in [-0.3, -0.25) is 14.6 Å². The van der Waals surface area contributed by atoms with Crippen LogP contribution >= 0.6 is 0 Å². The van der Waals surface area contributed by atoms with Crippen LogP contribution in [0.3, 0.4) is 0 Å². The van der Waals surface area contributed by atoms with Gasteiger partial charge in [0.15, 0.2) is 0 Å². The van der Waals surface area contributed by atoms with Crippen molar-refractivity contribution in [1.82, 2.24) is 14.9 Å². The Morgan fingerprint density at radius 3 is 2.57 bits per heavy atom. The lowest BCUT2D eigenvalue weighted by Gasteiger charge is -2.27. The third kappa shape index (κ3) is 4.92. The summed E-state index contributed by atoms with van der Waals surface area (Å²) in [4.78, 5) is 29.8. The van der Waals surface area contributed by atoms with Gasteiger partial charge in [-0.05, 0) is 73.7 Å². The van der Waals surface area contributed by atoms with Gasteiger partial charge in [0.05, 0.1) is 36.3 Å². The number of aryl methyl sites for hydroxylation is 1. The fourth-order valence-corrected chi connectivity index (χ4v) is 5.30. The molecular formula is C29H31N3O3. The second-order valence-corrected chi connectivity index (χ2v) is 9.67. The second-order valence-electron chi connectivity index (χ2n) is 9.67. The lowest BCUT2D eigenvalue weighted by atomic mass is 9.82. The minimum Gasteiger partial charge on any atom is -0.469 e. The van der Waals surface area contributed by atoms with Crippen molar-refractivity contribution in [2.45, 2.75) is 39.2 Å². The summed E-state index contributed by atoms with van der Waals surface area (Å²) in [6, 6.07) is 16.5. The van der Waals surface area contributed by atoms with Gasteiger partial charge in [-0.15, -0.1) is 0 Å². The van der Waals surface area contributed by atoms with Crippen LogP contribution in [0.15, 0.2) is 60.9 Å². The Balaban J connectivity index is 1.33. The molecule has 1 aliphatic carbocycles. The summed E-state index contributed by atoms with van der Waals surface area (Å²) in [6.45, 7) is 3.23. The Hall–Kier alpha value is -3.67. The van der Waals surface area contributed by atoms with Gasteiger partial charge in [0.2, 0.25) is 0 Å². The van der Waals surface area contributed by atoms with E-state index in [1.165, 1.54) is 7.11 Å². The van der Waals surface area contributed by atoms with Crippen LogP contribution in [0.5, 0.6) is 0 Å². The summed E-state index contributed by atoms with van der Waals surface area (Å²) in [5.74, 6) is 0.209. The van der Waals surface area contributed by atoms with Gasteiger partial charge in [-0.2, -0.15) is 0 Å². The van der Waals surface area contributed by atoms with Crippen LogP contribution < -0.4 is 5.32 Å². The van der Waals surface area contributed by atoms with E-state index in [1.54, 1.807) is 0 Å². The highest BCUT2D eigenvalue weighted by molar-refractivity contribution is 6.06. The van der Waals surface area contributed by atoms with Gasteiger partial charge in [0, 0.05) is 29.7 Å². The molecule has 0 saturated heterocycles. The average Bonchev–Trinajstić information content (AvgIpc) is 3.28. The van der Waals surface area contributed by atoms with E-state index >= 15 is 0 Å². The van der Waals surface area contributed by atoms with Crippen LogP contribution in [0.1, 0.15) is 47.3 Å². The molecule has 35 heavy (non-hydrogen) atoms. The average molecular weight is 470 g/mol. The lowest BCUT2D eigenvalue weighted by Crippen LogP contribution is -2.33. The topological polar surface area (TPSA) is 73.2 Å². The minimum atomic E-state index is -0.115. The van der Waals surface area contributed by atoms with Crippen molar-refractivity contribution in [1.29, 1.82) is 0 Å². The molecule has 1 aliphatic rings. The molecule has 1 N–H and O–H groups in total. The maximum Gasteiger partial charge on any atom is 0.308 e. The molecule has 2 heterocycles. The van der Waals surface area contributed by atoms with E-state index < -0.39 is 0 Å². The molecule has 0 radical (unpaired) electrons. The number of hydrogen-bond acceptors (Lipinski definition) is 4. The monoisotopic (exact) mass is 469 g/mol. The molecule has 4 aromatic rings. The van der Waals surface area contributed by atoms with Gasteiger partial charge in [0.1, 0.15) is 0 Å². The number of esters is 1. The first-order chi connectivity index (χ1) is 17.0. The number of pyridine rings is 1. The van der Waals surface area contributed by atoms with Crippen LogP contribution in [0, 0.1) is 18.8 Å². The summed E-state index contributed by atoms with van der Waals surface area (Å²) in [6.07, 6.45) is 7.43. The van der Waals surface area contributed by atoms with E-state index in [0.717, 1.165) is 58.6 Å². The van der Waals surface area contributed by atoms with Crippen molar-refractivity contribution in [2.75, 3.05) is 13.7 Å². The molecule has 0 atom stereocenters. The Morgan fingerprint density at radius 2 is 1.80 bits per heavy atom. The standard InChI is InChI=1S/C29H31N3O3/c1-19-13-23-11-12-32(18-25-15-22-5-3-4-6-24(22)17-30-25)27(23)26(14-19)28(33)31-16-20-7-9-21(10-8-20)29(34)35-2/h3-6,11-15,17,20-21H,7-10,16,18H2,1-2H3,(H,31,33). The Kier molecular flexibility index (Phi) is 6.53. The van der Waals surface area contributed by atoms with Gasteiger partial charge in [0.25, 0.3) is 5.91 Å². The second kappa shape index (κ2) is 9.90. The first-order valence-electron chi connectivity index (χ1n) is 12.3. The quantitative estimate of drug-likeness (QED) is 0.391. The highest BCUT2D eigenvalue weighted by atomic mass is 16.5. The molecule has 1 saturated carbocycles. The highest BCUT2D eigenvalue weighted by Gasteiger charge is 2.27. The van der Waals surface area contributed by atoms with Crippen LogP contribution in [0.4, 0.5) is 0 Å². The zero-order chi connectivity index (χ0) is 24.4. The minimum absolute atomic E-state index is 0.00431. The normalized spacial score (nSPS) is 18.0.